The summed E-state index contributed by atoms with van der Waals surface area (Å²) in [6, 6.07) is 3.75. The summed E-state index contributed by atoms with van der Waals surface area (Å²) in [5.41, 5.74) is 1.01. The fourth-order valence-electron chi connectivity index (χ4n) is 2.32. The summed E-state index contributed by atoms with van der Waals surface area (Å²) < 4.78 is 0. The second-order valence-electron chi connectivity index (χ2n) is 4.67. The van der Waals surface area contributed by atoms with Crippen LogP contribution in [0.15, 0.2) is 24.5 Å². The molecule has 0 saturated carbocycles. The van der Waals surface area contributed by atoms with Crippen LogP contribution < -0.4 is 0 Å². The average molecular weight is 275 g/mol. The van der Waals surface area contributed by atoms with E-state index < -0.39 is 11.9 Å². The molecule has 106 valence electrons. The van der Waals surface area contributed by atoms with Gasteiger partial charge in [-0.1, -0.05) is 18.6 Å². The van der Waals surface area contributed by atoms with Gasteiger partial charge in [-0.25, -0.2) is 0 Å². The van der Waals surface area contributed by atoms with Crippen molar-refractivity contribution in [2.24, 2.45) is 5.92 Å². The quantitative estimate of drug-likeness (QED) is 0.791. The molecule has 2 heterocycles. The van der Waals surface area contributed by atoms with Crippen LogP contribution in [0.3, 0.4) is 0 Å². The predicted molar refractivity (Wildman–Crippen MR) is 70.9 cm³/mol. The molecule has 2 atom stereocenters. The number of aromatic nitrogens is 5. The predicted octanol–water partition coefficient (Wildman–Crippen LogP) is 1.42. The van der Waals surface area contributed by atoms with Crippen LogP contribution in [0.1, 0.15) is 37.1 Å². The molecule has 0 aliphatic rings. The summed E-state index contributed by atoms with van der Waals surface area (Å²) in [5, 5.41) is 23.3. The van der Waals surface area contributed by atoms with Gasteiger partial charge in [0.05, 0.1) is 5.92 Å². The van der Waals surface area contributed by atoms with Gasteiger partial charge in [0.2, 0.25) is 0 Å². The van der Waals surface area contributed by atoms with Crippen molar-refractivity contribution in [1.29, 1.82) is 0 Å². The number of nitrogens with zero attached hydrogens (tertiary/aromatic N) is 4. The Morgan fingerprint density at radius 2 is 2.15 bits per heavy atom. The minimum Gasteiger partial charge on any atom is -0.481 e. The maximum Gasteiger partial charge on any atom is 0.307 e. The lowest BCUT2D eigenvalue weighted by Gasteiger charge is -2.20. The minimum absolute atomic E-state index is 0.298. The van der Waals surface area contributed by atoms with Crippen LogP contribution >= 0.6 is 0 Å². The van der Waals surface area contributed by atoms with E-state index in [1.54, 1.807) is 12.4 Å². The molecule has 0 radical (unpaired) electrons. The summed E-state index contributed by atoms with van der Waals surface area (Å²) in [6.45, 7) is 1.97. The lowest BCUT2D eigenvalue weighted by molar-refractivity contribution is -0.142. The van der Waals surface area contributed by atoms with Gasteiger partial charge in [-0.05, 0) is 30.5 Å². The molecule has 2 aromatic rings. The van der Waals surface area contributed by atoms with E-state index in [1.807, 2.05) is 19.1 Å². The van der Waals surface area contributed by atoms with Gasteiger partial charge in [-0.2, -0.15) is 5.21 Å². The Morgan fingerprint density at radius 3 is 2.70 bits per heavy atom. The van der Waals surface area contributed by atoms with Crippen molar-refractivity contribution in [3.63, 3.8) is 0 Å². The maximum atomic E-state index is 11.5. The summed E-state index contributed by atoms with van der Waals surface area (Å²) in [6.07, 6.45) is 5.32. The Kier molecular flexibility index (Phi) is 4.75. The first-order valence-corrected chi connectivity index (χ1v) is 6.57. The summed E-state index contributed by atoms with van der Waals surface area (Å²) >= 11 is 0. The highest BCUT2D eigenvalue weighted by Gasteiger charge is 2.31. The van der Waals surface area contributed by atoms with Gasteiger partial charge in [0, 0.05) is 18.3 Å². The largest absolute Gasteiger partial charge is 0.481 e. The zero-order valence-electron chi connectivity index (χ0n) is 11.2. The van der Waals surface area contributed by atoms with E-state index in [9.17, 15) is 9.90 Å². The van der Waals surface area contributed by atoms with E-state index in [1.165, 1.54) is 0 Å². The number of nitrogens with one attached hydrogen (secondary N) is 1. The number of tetrazole rings is 1. The van der Waals surface area contributed by atoms with Crippen LogP contribution in [0, 0.1) is 5.92 Å². The zero-order valence-corrected chi connectivity index (χ0v) is 11.2. The van der Waals surface area contributed by atoms with Crippen molar-refractivity contribution in [1.82, 2.24) is 25.6 Å². The van der Waals surface area contributed by atoms with Crippen LogP contribution in [0.2, 0.25) is 0 Å². The molecule has 0 saturated heterocycles. The first kappa shape index (κ1) is 14.1. The van der Waals surface area contributed by atoms with E-state index in [-0.39, 0.29) is 5.92 Å². The zero-order chi connectivity index (χ0) is 14.4. The molecular weight excluding hydrogens is 258 g/mol. The third-order valence-electron chi connectivity index (χ3n) is 3.30. The van der Waals surface area contributed by atoms with E-state index in [4.69, 9.17) is 0 Å². The molecule has 2 N–H and O–H groups in total. The highest BCUT2D eigenvalue weighted by molar-refractivity contribution is 5.71. The molecule has 2 rings (SSSR count). The third kappa shape index (κ3) is 3.37. The van der Waals surface area contributed by atoms with Gasteiger partial charge < -0.3 is 5.11 Å². The molecule has 0 fully saturated rings. The van der Waals surface area contributed by atoms with Crippen molar-refractivity contribution >= 4 is 5.97 Å². The second kappa shape index (κ2) is 6.74. The molecule has 20 heavy (non-hydrogen) atoms. The van der Waals surface area contributed by atoms with Crippen molar-refractivity contribution in [3.05, 3.63) is 35.9 Å². The van der Waals surface area contributed by atoms with Crippen LogP contribution in [-0.4, -0.2) is 36.7 Å². The van der Waals surface area contributed by atoms with E-state index >= 15 is 0 Å². The Balaban J connectivity index is 2.27. The number of aliphatic carboxylic acids is 1. The van der Waals surface area contributed by atoms with Crippen molar-refractivity contribution in [2.75, 3.05) is 0 Å². The lowest BCUT2D eigenvalue weighted by atomic mass is 9.83. The van der Waals surface area contributed by atoms with Crippen LogP contribution in [-0.2, 0) is 11.2 Å². The van der Waals surface area contributed by atoms with Gasteiger partial charge in [0.25, 0.3) is 0 Å². The molecule has 2 aromatic heterocycles. The molecule has 0 spiro atoms. The number of pyridine rings is 1. The highest BCUT2D eigenvalue weighted by atomic mass is 16.4. The van der Waals surface area contributed by atoms with E-state index in [0.29, 0.717) is 18.7 Å². The smallest absolute Gasteiger partial charge is 0.307 e. The van der Waals surface area contributed by atoms with Crippen molar-refractivity contribution in [3.8, 4) is 0 Å². The number of carboxylic acid groups (broad SMARTS) is 1. The van der Waals surface area contributed by atoms with Gasteiger partial charge in [-0.15, -0.1) is 10.2 Å². The Labute approximate surface area is 116 Å². The number of hydrogen-bond acceptors (Lipinski definition) is 5. The SMILES string of the molecule is CCCC(C(=O)O)C(Cc1ccncc1)c1nn[nH]n1. The third-order valence-corrected chi connectivity index (χ3v) is 3.30. The first-order chi connectivity index (χ1) is 9.72. The van der Waals surface area contributed by atoms with Gasteiger partial charge in [0.1, 0.15) is 0 Å². The summed E-state index contributed by atoms with van der Waals surface area (Å²) in [7, 11) is 0. The lowest BCUT2D eigenvalue weighted by Crippen LogP contribution is -2.25. The van der Waals surface area contributed by atoms with Crippen molar-refractivity contribution in [2.45, 2.75) is 32.1 Å². The molecule has 0 amide bonds. The summed E-state index contributed by atoms with van der Waals surface area (Å²) in [5.74, 6) is -1.20. The summed E-state index contributed by atoms with van der Waals surface area (Å²) in [4.78, 5) is 15.5. The minimum atomic E-state index is -0.823. The monoisotopic (exact) mass is 275 g/mol. The molecule has 0 aliphatic carbocycles. The fraction of sp³-hybridized carbons (Fsp3) is 0.462. The van der Waals surface area contributed by atoms with E-state index in [2.05, 4.69) is 25.6 Å². The number of rotatable bonds is 7. The molecule has 0 aliphatic heterocycles. The van der Waals surface area contributed by atoms with Gasteiger partial charge >= 0.3 is 5.97 Å². The van der Waals surface area contributed by atoms with Gasteiger partial charge in [-0.3, -0.25) is 9.78 Å². The molecule has 2 unspecified atom stereocenters. The number of H-pyrrole nitrogens is 1. The Morgan fingerprint density at radius 1 is 1.40 bits per heavy atom. The normalized spacial score (nSPS) is 13.8. The number of carbonyl (C=O) groups is 1. The maximum absolute atomic E-state index is 11.5. The van der Waals surface area contributed by atoms with Crippen molar-refractivity contribution < 1.29 is 9.90 Å². The first-order valence-electron chi connectivity index (χ1n) is 6.57. The standard InChI is InChI=1S/C13H17N5O2/c1-2-3-10(13(19)20)11(12-15-17-18-16-12)8-9-4-6-14-7-5-9/h4-7,10-11H,2-3,8H2,1H3,(H,19,20)(H,15,16,17,18). The topological polar surface area (TPSA) is 105 Å². The molecule has 7 nitrogen and oxygen atoms in total. The van der Waals surface area contributed by atoms with E-state index in [0.717, 1.165) is 12.0 Å². The van der Waals surface area contributed by atoms with Crippen LogP contribution in [0.4, 0.5) is 0 Å². The number of hydrogen-bond donors (Lipinski definition) is 2. The molecule has 0 bridgehead atoms. The average Bonchev–Trinajstić information content (AvgIpc) is 2.97. The molecular formula is C13H17N5O2. The fourth-order valence-corrected chi connectivity index (χ4v) is 2.32. The molecule has 7 heteroatoms. The van der Waals surface area contributed by atoms with Gasteiger partial charge in [0.15, 0.2) is 5.82 Å². The number of carboxylic acids is 1. The Hall–Kier alpha value is -2.31. The highest BCUT2D eigenvalue weighted by Crippen LogP contribution is 2.29. The Bertz CT molecular complexity index is 529. The second-order valence-corrected chi connectivity index (χ2v) is 4.67. The van der Waals surface area contributed by atoms with Crippen LogP contribution in [0.5, 0.6) is 0 Å². The molecule has 0 aromatic carbocycles. The van der Waals surface area contributed by atoms with Crippen LogP contribution in [0.25, 0.3) is 0 Å². The number of aromatic amines is 1.